The molecule has 2 fully saturated rings. The minimum atomic E-state index is 0.246. The number of carbonyl (C=O) groups is 1. The molecule has 1 aromatic rings. The number of nitrogens with zero attached hydrogens (tertiary/aromatic N) is 4. The molecule has 0 aliphatic carbocycles. The molecule has 0 bridgehead atoms. The molecule has 2 aliphatic rings. The monoisotopic (exact) mass is 369 g/mol. The van der Waals surface area contributed by atoms with Gasteiger partial charge in [0.25, 0.3) is 0 Å². The van der Waals surface area contributed by atoms with E-state index in [1.165, 1.54) is 5.69 Å². The highest BCUT2D eigenvalue weighted by atomic mass is 79.9. The van der Waals surface area contributed by atoms with Crippen LogP contribution >= 0.6 is 15.9 Å². The molecule has 22 heavy (non-hydrogen) atoms. The van der Waals surface area contributed by atoms with Crippen LogP contribution in [0.5, 0.6) is 0 Å². The van der Waals surface area contributed by atoms with Crippen molar-refractivity contribution in [2.45, 2.75) is 32.4 Å². The predicted octanol–water partition coefficient (Wildman–Crippen LogP) is 0.887. The Morgan fingerprint density at radius 2 is 2.23 bits per heavy atom. The Balaban J connectivity index is 1.66. The number of rotatable bonds is 3. The van der Waals surface area contributed by atoms with Crippen LogP contribution in [0.1, 0.15) is 24.2 Å². The van der Waals surface area contributed by atoms with Gasteiger partial charge in [0.1, 0.15) is 0 Å². The number of carbonyl (C=O) groups excluding carboxylic acids is 1. The second-order valence-corrected chi connectivity index (χ2v) is 7.06. The molecule has 1 unspecified atom stereocenters. The summed E-state index contributed by atoms with van der Waals surface area (Å²) in [6, 6.07) is 0.358. The fraction of sp³-hybridized carbons (Fsp3) is 0.733. The van der Waals surface area contributed by atoms with E-state index >= 15 is 0 Å². The first kappa shape index (κ1) is 16.0. The molecule has 2 saturated heterocycles. The fourth-order valence-electron chi connectivity index (χ4n) is 3.50. The molecule has 1 atom stereocenters. The van der Waals surface area contributed by atoms with Crippen LogP contribution in [-0.4, -0.2) is 64.3 Å². The van der Waals surface area contributed by atoms with Gasteiger partial charge in [-0.05, 0) is 42.2 Å². The Kier molecular flexibility index (Phi) is 4.84. The van der Waals surface area contributed by atoms with E-state index in [1.807, 2.05) is 18.7 Å². The van der Waals surface area contributed by atoms with Crippen molar-refractivity contribution in [1.29, 1.82) is 0 Å². The molecule has 0 aromatic carbocycles. The summed E-state index contributed by atoms with van der Waals surface area (Å²) in [4.78, 5) is 16.6. The first-order chi connectivity index (χ1) is 10.6. The molecular weight excluding hydrogens is 346 g/mol. The normalized spacial score (nSPS) is 24.0. The maximum atomic E-state index is 12.1. The lowest BCUT2D eigenvalue weighted by molar-refractivity contribution is -0.135. The average Bonchev–Trinajstić information content (AvgIpc) is 2.74. The Morgan fingerprint density at radius 1 is 1.41 bits per heavy atom. The van der Waals surface area contributed by atoms with E-state index in [4.69, 9.17) is 0 Å². The molecule has 3 rings (SSSR count). The summed E-state index contributed by atoms with van der Waals surface area (Å²) in [6.07, 6.45) is 2.27. The first-order valence-corrected chi connectivity index (χ1v) is 8.76. The third-order valence-corrected chi connectivity index (χ3v) is 5.71. The van der Waals surface area contributed by atoms with Gasteiger partial charge in [-0.1, -0.05) is 0 Å². The van der Waals surface area contributed by atoms with E-state index in [2.05, 4.69) is 36.1 Å². The van der Waals surface area contributed by atoms with E-state index < -0.39 is 0 Å². The van der Waals surface area contributed by atoms with Crippen molar-refractivity contribution in [3.63, 3.8) is 0 Å². The van der Waals surface area contributed by atoms with Crippen molar-refractivity contribution in [2.24, 2.45) is 7.05 Å². The molecule has 1 amide bonds. The van der Waals surface area contributed by atoms with Gasteiger partial charge in [0.15, 0.2) is 0 Å². The number of hydrogen-bond acceptors (Lipinski definition) is 4. The van der Waals surface area contributed by atoms with Crippen LogP contribution in [0.3, 0.4) is 0 Å². The molecule has 2 aliphatic heterocycles. The number of piperazine rings is 1. The fourth-order valence-corrected chi connectivity index (χ4v) is 3.96. The lowest BCUT2D eigenvalue weighted by Gasteiger charge is -2.41. The van der Waals surface area contributed by atoms with Crippen LogP contribution in [-0.2, 0) is 18.4 Å². The number of amides is 1. The molecule has 0 spiro atoms. The Hall–Kier alpha value is -0.920. The third kappa shape index (κ3) is 3.21. The molecule has 1 aromatic heterocycles. The summed E-state index contributed by atoms with van der Waals surface area (Å²) >= 11 is 3.65. The highest BCUT2D eigenvalue weighted by molar-refractivity contribution is 9.10. The van der Waals surface area contributed by atoms with Gasteiger partial charge in [-0.3, -0.25) is 14.4 Å². The van der Waals surface area contributed by atoms with Gasteiger partial charge < -0.3 is 10.2 Å². The third-order valence-electron chi connectivity index (χ3n) is 4.68. The zero-order chi connectivity index (χ0) is 15.7. The molecule has 122 valence electrons. The maximum absolute atomic E-state index is 12.1. The molecule has 6 nitrogen and oxygen atoms in total. The van der Waals surface area contributed by atoms with Gasteiger partial charge in [-0.2, -0.15) is 5.10 Å². The van der Waals surface area contributed by atoms with Gasteiger partial charge in [0, 0.05) is 39.3 Å². The smallest absolute Gasteiger partial charge is 0.236 e. The number of halogens is 1. The number of aromatic nitrogens is 2. The molecule has 7 heteroatoms. The first-order valence-electron chi connectivity index (χ1n) is 7.96. The maximum Gasteiger partial charge on any atom is 0.236 e. The van der Waals surface area contributed by atoms with Crippen LogP contribution in [0.15, 0.2) is 4.47 Å². The second-order valence-electron chi connectivity index (χ2n) is 6.26. The molecule has 3 heterocycles. The molecular formula is C15H24BrN5O. The number of likely N-dealkylation sites (tertiary alicyclic amines) is 1. The van der Waals surface area contributed by atoms with E-state index in [9.17, 15) is 4.79 Å². The quantitative estimate of drug-likeness (QED) is 0.859. The predicted molar refractivity (Wildman–Crippen MR) is 88.5 cm³/mol. The van der Waals surface area contributed by atoms with Crippen molar-refractivity contribution in [2.75, 3.05) is 32.7 Å². The summed E-state index contributed by atoms with van der Waals surface area (Å²) in [5.74, 6) is 0.246. The minimum absolute atomic E-state index is 0.246. The number of piperidine rings is 1. The van der Waals surface area contributed by atoms with Crippen molar-refractivity contribution < 1.29 is 4.79 Å². The molecule has 0 radical (unpaired) electrons. The summed E-state index contributed by atoms with van der Waals surface area (Å²) in [5.41, 5.74) is 2.24. The second kappa shape index (κ2) is 6.68. The highest BCUT2D eigenvalue weighted by Crippen LogP contribution is 2.24. The van der Waals surface area contributed by atoms with Gasteiger partial charge >= 0.3 is 0 Å². The Bertz CT molecular complexity index is 558. The van der Waals surface area contributed by atoms with E-state index in [0.29, 0.717) is 12.6 Å². The van der Waals surface area contributed by atoms with Crippen molar-refractivity contribution >= 4 is 21.8 Å². The number of aryl methyl sites for hydroxylation is 2. The van der Waals surface area contributed by atoms with Crippen LogP contribution in [0, 0.1) is 6.92 Å². The standard InChI is InChI=1S/C15H24BrN5O/c1-11-15(16)13(19(2)18-11)10-20-6-3-4-12(9-20)21-7-5-17-8-14(21)22/h12,17H,3-10H2,1-2H3. The summed E-state index contributed by atoms with van der Waals surface area (Å²) in [7, 11) is 1.99. The Morgan fingerprint density at radius 3 is 2.91 bits per heavy atom. The Labute approximate surface area is 140 Å². The summed E-state index contributed by atoms with van der Waals surface area (Å²) in [6.45, 7) is 7.19. The van der Waals surface area contributed by atoms with Crippen LogP contribution in [0.25, 0.3) is 0 Å². The van der Waals surface area contributed by atoms with E-state index in [-0.39, 0.29) is 5.91 Å². The molecule has 0 saturated carbocycles. The average molecular weight is 370 g/mol. The summed E-state index contributed by atoms with van der Waals surface area (Å²) < 4.78 is 3.06. The van der Waals surface area contributed by atoms with E-state index in [0.717, 1.165) is 55.7 Å². The lowest BCUT2D eigenvalue weighted by Crippen LogP contribution is -2.56. The lowest BCUT2D eigenvalue weighted by atomic mass is 10.0. The van der Waals surface area contributed by atoms with Crippen molar-refractivity contribution in [1.82, 2.24) is 24.9 Å². The topological polar surface area (TPSA) is 53.4 Å². The zero-order valence-electron chi connectivity index (χ0n) is 13.3. The van der Waals surface area contributed by atoms with Crippen LogP contribution < -0.4 is 5.32 Å². The van der Waals surface area contributed by atoms with Gasteiger partial charge in [-0.15, -0.1) is 0 Å². The summed E-state index contributed by atoms with van der Waals surface area (Å²) in [5, 5.41) is 7.62. The van der Waals surface area contributed by atoms with Crippen molar-refractivity contribution in [3.8, 4) is 0 Å². The van der Waals surface area contributed by atoms with Crippen LogP contribution in [0.2, 0.25) is 0 Å². The minimum Gasteiger partial charge on any atom is -0.336 e. The van der Waals surface area contributed by atoms with Crippen molar-refractivity contribution in [3.05, 3.63) is 15.9 Å². The molecule has 1 N–H and O–H groups in total. The van der Waals surface area contributed by atoms with Crippen LogP contribution in [0.4, 0.5) is 0 Å². The van der Waals surface area contributed by atoms with Gasteiger partial charge in [-0.25, -0.2) is 0 Å². The zero-order valence-corrected chi connectivity index (χ0v) is 14.9. The highest BCUT2D eigenvalue weighted by Gasteiger charge is 2.30. The van der Waals surface area contributed by atoms with Gasteiger partial charge in [0.2, 0.25) is 5.91 Å². The number of hydrogen-bond donors (Lipinski definition) is 1. The van der Waals surface area contributed by atoms with Gasteiger partial charge in [0.05, 0.1) is 22.4 Å². The largest absolute Gasteiger partial charge is 0.336 e. The SMILES string of the molecule is Cc1nn(C)c(CN2CCCC(N3CCNCC3=O)C2)c1Br. The number of nitrogens with one attached hydrogen (secondary N) is 1. The van der Waals surface area contributed by atoms with E-state index in [1.54, 1.807) is 0 Å².